The molecule has 1 heterocycles. The highest BCUT2D eigenvalue weighted by atomic mass is 79.9. The minimum absolute atomic E-state index is 0.0879. The number of ether oxygens (including phenoxy) is 1. The van der Waals surface area contributed by atoms with Crippen LogP contribution in [0, 0.1) is 5.92 Å². The van der Waals surface area contributed by atoms with Crippen molar-refractivity contribution in [2.24, 2.45) is 5.92 Å². The van der Waals surface area contributed by atoms with Crippen LogP contribution >= 0.6 is 15.9 Å². The van der Waals surface area contributed by atoms with Crippen molar-refractivity contribution in [2.75, 3.05) is 30.8 Å². The Morgan fingerprint density at radius 1 is 1.47 bits per heavy atom. The summed E-state index contributed by atoms with van der Waals surface area (Å²) in [4.78, 5) is 0. The van der Waals surface area contributed by atoms with Gasteiger partial charge in [-0.15, -0.1) is 0 Å². The number of nitrogens with zero attached hydrogens (tertiary/aromatic N) is 1. The summed E-state index contributed by atoms with van der Waals surface area (Å²) in [6.45, 7) is 5.46. The van der Waals surface area contributed by atoms with Gasteiger partial charge in [0, 0.05) is 18.4 Å². The lowest BCUT2D eigenvalue weighted by Crippen LogP contribution is -2.33. The van der Waals surface area contributed by atoms with Gasteiger partial charge in [-0.1, -0.05) is 15.9 Å². The number of halogens is 1. The topological polar surface area (TPSA) is 46.6 Å². The van der Waals surface area contributed by atoms with E-state index in [-0.39, 0.29) is 11.9 Å². The summed E-state index contributed by atoms with van der Waals surface area (Å²) in [5.41, 5.74) is 0. The van der Waals surface area contributed by atoms with Gasteiger partial charge in [-0.2, -0.15) is 0 Å². The Morgan fingerprint density at radius 2 is 2.18 bits per heavy atom. The number of hydrogen-bond acceptors (Lipinski definition) is 3. The van der Waals surface area contributed by atoms with Crippen LogP contribution in [0.1, 0.15) is 26.7 Å². The molecule has 17 heavy (non-hydrogen) atoms. The summed E-state index contributed by atoms with van der Waals surface area (Å²) in [5, 5.41) is 0.946. The number of rotatable bonds is 7. The minimum atomic E-state index is -3.11. The first-order chi connectivity index (χ1) is 7.95. The summed E-state index contributed by atoms with van der Waals surface area (Å²) in [5.74, 6) is 0.613. The summed E-state index contributed by atoms with van der Waals surface area (Å²) in [7, 11) is -3.11. The van der Waals surface area contributed by atoms with Crippen LogP contribution in [0.2, 0.25) is 0 Å². The van der Waals surface area contributed by atoms with E-state index in [0.717, 1.165) is 18.2 Å². The summed E-state index contributed by atoms with van der Waals surface area (Å²) in [6, 6.07) is 0. The lowest BCUT2D eigenvalue weighted by atomic mass is 10.1. The molecule has 0 aromatic heterocycles. The summed E-state index contributed by atoms with van der Waals surface area (Å²) < 4.78 is 30.9. The molecule has 0 amide bonds. The Labute approximate surface area is 113 Å². The molecule has 1 rings (SSSR count). The molecule has 0 spiro atoms. The first-order valence-electron chi connectivity index (χ1n) is 6.11. The van der Waals surface area contributed by atoms with Gasteiger partial charge in [0.05, 0.1) is 18.5 Å². The molecule has 1 aliphatic heterocycles. The van der Waals surface area contributed by atoms with Gasteiger partial charge in [-0.25, -0.2) is 12.7 Å². The summed E-state index contributed by atoms with van der Waals surface area (Å²) >= 11 is 3.40. The highest BCUT2D eigenvalue weighted by molar-refractivity contribution is 9.09. The normalized spacial score (nSPS) is 22.5. The predicted molar refractivity (Wildman–Crippen MR) is 73.0 cm³/mol. The SMILES string of the molecule is CC(C)OCCS(=O)(=O)N1CCC(CCBr)C1. The molecule has 0 N–H and O–H groups in total. The van der Waals surface area contributed by atoms with Crippen LogP contribution in [0.5, 0.6) is 0 Å². The fourth-order valence-corrected chi connectivity index (χ4v) is 3.99. The molecule has 0 radical (unpaired) electrons. The lowest BCUT2D eigenvalue weighted by molar-refractivity contribution is 0.0907. The predicted octanol–water partition coefficient (Wildman–Crippen LogP) is 1.85. The third-order valence-electron chi connectivity index (χ3n) is 2.95. The Kier molecular flexibility index (Phi) is 6.40. The molecule has 0 aliphatic carbocycles. The highest BCUT2D eigenvalue weighted by Crippen LogP contribution is 2.23. The van der Waals surface area contributed by atoms with E-state index in [9.17, 15) is 8.42 Å². The van der Waals surface area contributed by atoms with E-state index in [1.807, 2.05) is 13.8 Å². The van der Waals surface area contributed by atoms with Crippen LogP contribution in [0.4, 0.5) is 0 Å². The van der Waals surface area contributed by atoms with E-state index >= 15 is 0 Å². The molecule has 0 aromatic carbocycles. The average Bonchev–Trinajstić information content (AvgIpc) is 2.66. The number of alkyl halides is 1. The second kappa shape index (κ2) is 7.07. The first-order valence-corrected chi connectivity index (χ1v) is 8.84. The third-order valence-corrected chi connectivity index (χ3v) is 5.21. The Bertz CT molecular complexity index is 319. The van der Waals surface area contributed by atoms with Crippen LogP contribution in [0.25, 0.3) is 0 Å². The zero-order valence-corrected chi connectivity index (χ0v) is 13.0. The Hall–Kier alpha value is 0.350. The molecule has 102 valence electrons. The van der Waals surface area contributed by atoms with E-state index in [4.69, 9.17) is 4.74 Å². The van der Waals surface area contributed by atoms with Gasteiger partial charge >= 0.3 is 0 Å². The van der Waals surface area contributed by atoms with Crippen LogP contribution in [-0.4, -0.2) is 49.6 Å². The molecular formula is C11H22BrNO3S. The van der Waals surface area contributed by atoms with Crippen LogP contribution in [-0.2, 0) is 14.8 Å². The van der Waals surface area contributed by atoms with Gasteiger partial charge in [0.2, 0.25) is 10.0 Å². The molecule has 1 fully saturated rings. The smallest absolute Gasteiger partial charge is 0.216 e. The van der Waals surface area contributed by atoms with Crippen LogP contribution in [0.15, 0.2) is 0 Å². The maximum atomic E-state index is 12.0. The maximum Gasteiger partial charge on any atom is 0.216 e. The van der Waals surface area contributed by atoms with E-state index in [0.29, 0.717) is 25.6 Å². The molecule has 0 saturated carbocycles. The molecule has 6 heteroatoms. The largest absolute Gasteiger partial charge is 0.378 e. The van der Waals surface area contributed by atoms with Crippen molar-refractivity contribution in [2.45, 2.75) is 32.8 Å². The van der Waals surface area contributed by atoms with Crippen molar-refractivity contribution in [3.8, 4) is 0 Å². The molecule has 1 unspecified atom stereocenters. The van der Waals surface area contributed by atoms with Crippen LogP contribution < -0.4 is 0 Å². The minimum Gasteiger partial charge on any atom is -0.378 e. The highest BCUT2D eigenvalue weighted by Gasteiger charge is 2.30. The summed E-state index contributed by atoms with van der Waals surface area (Å²) in [6.07, 6.45) is 2.12. The molecule has 1 atom stereocenters. The van der Waals surface area contributed by atoms with Gasteiger partial charge in [0.15, 0.2) is 0 Å². The quantitative estimate of drug-likeness (QED) is 0.670. The number of sulfonamides is 1. The van der Waals surface area contributed by atoms with Crippen molar-refractivity contribution in [3.05, 3.63) is 0 Å². The van der Waals surface area contributed by atoms with E-state index in [1.165, 1.54) is 0 Å². The molecule has 1 aliphatic rings. The fourth-order valence-electron chi connectivity index (χ4n) is 1.96. The fraction of sp³-hybridized carbons (Fsp3) is 1.00. The average molecular weight is 328 g/mol. The van der Waals surface area contributed by atoms with Gasteiger partial charge in [0.25, 0.3) is 0 Å². The standard InChI is InChI=1S/C11H22BrNO3S/c1-10(2)16-7-8-17(14,15)13-6-4-11(9-13)3-5-12/h10-11H,3-9H2,1-2H3. The van der Waals surface area contributed by atoms with Gasteiger partial charge in [-0.05, 0) is 32.6 Å². The molecular weight excluding hydrogens is 306 g/mol. The van der Waals surface area contributed by atoms with Crippen molar-refractivity contribution < 1.29 is 13.2 Å². The zero-order chi connectivity index (χ0) is 12.9. The van der Waals surface area contributed by atoms with Gasteiger partial charge in [0.1, 0.15) is 0 Å². The van der Waals surface area contributed by atoms with E-state index < -0.39 is 10.0 Å². The van der Waals surface area contributed by atoms with Crippen molar-refractivity contribution in [1.29, 1.82) is 0 Å². The monoisotopic (exact) mass is 327 g/mol. The zero-order valence-electron chi connectivity index (χ0n) is 10.6. The Balaban J connectivity index is 2.38. The molecule has 0 aromatic rings. The molecule has 0 bridgehead atoms. The number of hydrogen-bond donors (Lipinski definition) is 0. The second-order valence-corrected chi connectivity index (χ2v) is 7.61. The van der Waals surface area contributed by atoms with Crippen molar-refractivity contribution in [3.63, 3.8) is 0 Å². The van der Waals surface area contributed by atoms with Gasteiger partial charge < -0.3 is 4.74 Å². The first kappa shape index (κ1) is 15.4. The second-order valence-electron chi connectivity index (χ2n) is 4.73. The Morgan fingerprint density at radius 3 is 2.76 bits per heavy atom. The van der Waals surface area contributed by atoms with Crippen molar-refractivity contribution in [1.82, 2.24) is 4.31 Å². The van der Waals surface area contributed by atoms with E-state index in [2.05, 4.69) is 15.9 Å². The molecule has 4 nitrogen and oxygen atoms in total. The van der Waals surface area contributed by atoms with E-state index in [1.54, 1.807) is 4.31 Å². The van der Waals surface area contributed by atoms with Gasteiger partial charge in [-0.3, -0.25) is 0 Å². The lowest BCUT2D eigenvalue weighted by Gasteiger charge is -2.17. The van der Waals surface area contributed by atoms with Crippen LogP contribution in [0.3, 0.4) is 0 Å². The molecule has 1 saturated heterocycles. The maximum absolute atomic E-state index is 12.0. The third kappa shape index (κ3) is 5.24. The van der Waals surface area contributed by atoms with Crippen molar-refractivity contribution >= 4 is 26.0 Å².